The largest absolute Gasteiger partial charge is 0.462 e. The first kappa shape index (κ1) is 34.0. The van der Waals surface area contributed by atoms with Crippen LogP contribution in [-0.2, 0) is 33.4 Å². The fraction of sp³-hybridized carbons (Fsp3) is 0.324. The van der Waals surface area contributed by atoms with Crippen LogP contribution >= 0.6 is 0 Å². The number of carbonyl (C=O) groups excluding carboxylic acids is 3. The van der Waals surface area contributed by atoms with Gasteiger partial charge in [0.15, 0.2) is 0 Å². The van der Waals surface area contributed by atoms with Gasteiger partial charge in [0.2, 0.25) is 5.91 Å². The number of H-pyrrole nitrogens is 1. The highest BCUT2D eigenvalue weighted by Gasteiger charge is 2.30. The lowest BCUT2D eigenvalue weighted by atomic mass is 10.1. The summed E-state index contributed by atoms with van der Waals surface area (Å²) in [5.74, 6) is -0.849. The molecule has 0 bridgehead atoms. The first-order valence-electron chi connectivity index (χ1n) is 14.9. The molecule has 0 radical (unpaired) electrons. The summed E-state index contributed by atoms with van der Waals surface area (Å²) in [6, 6.07) is 18.1. The Kier molecular flexibility index (Phi) is 11.8. The van der Waals surface area contributed by atoms with Crippen molar-refractivity contribution >= 4 is 34.5 Å². The molecule has 0 spiro atoms. The standard InChI is InChI=1S/C34H37F3N4O5/c1-3-46-32(43)25-11-15-28(16-12-25)39-33(44)41(18-6-20-45-2)23-31(42)40(22-24-9-13-27(14-10-24)34(35,36)37)19-17-26-21-38-30-8-5-4-7-29(26)30/h4-5,7-16,21,38H,3,6,17-20,22-23H2,1-2H3,(H,39,44). The van der Waals surface area contributed by atoms with Crippen LogP contribution in [0.15, 0.2) is 79.0 Å². The number of halogens is 3. The minimum atomic E-state index is -4.47. The van der Waals surface area contributed by atoms with Gasteiger partial charge in [0.25, 0.3) is 0 Å². The van der Waals surface area contributed by atoms with E-state index in [1.807, 2.05) is 30.5 Å². The number of methoxy groups -OCH3 is 1. The summed E-state index contributed by atoms with van der Waals surface area (Å²) in [6.45, 7) is 2.57. The second-order valence-corrected chi connectivity index (χ2v) is 10.6. The molecule has 9 nitrogen and oxygen atoms in total. The van der Waals surface area contributed by atoms with Gasteiger partial charge in [-0.05, 0) is 73.4 Å². The molecule has 0 saturated heterocycles. The van der Waals surface area contributed by atoms with Crippen LogP contribution in [0.1, 0.15) is 40.4 Å². The third-order valence-corrected chi connectivity index (χ3v) is 7.37. The molecule has 0 unspecified atom stereocenters. The fourth-order valence-electron chi connectivity index (χ4n) is 4.93. The SMILES string of the molecule is CCOC(=O)c1ccc(NC(=O)N(CCCOC)CC(=O)N(CCc2c[nH]c3ccccc23)Cc2ccc(C(F)(F)F)cc2)cc1. The van der Waals surface area contributed by atoms with Crippen molar-refractivity contribution < 1.29 is 37.0 Å². The Balaban J connectivity index is 1.52. The maximum absolute atomic E-state index is 13.8. The lowest BCUT2D eigenvalue weighted by Gasteiger charge is -2.28. The highest BCUT2D eigenvalue weighted by Crippen LogP contribution is 2.29. The van der Waals surface area contributed by atoms with E-state index in [0.29, 0.717) is 36.3 Å². The van der Waals surface area contributed by atoms with Crippen LogP contribution in [-0.4, -0.2) is 72.6 Å². The second kappa shape index (κ2) is 15.9. The summed E-state index contributed by atoms with van der Waals surface area (Å²) in [7, 11) is 1.54. The molecule has 4 aromatic rings. The number of urea groups is 1. The fourth-order valence-corrected chi connectivity index (χ4v) is 4.93. The van der Waals surface area contributed by atoms with Crippen LogP contribution in [0.25, 0.3) is 10.9 Å². The molecule has 2 N–H and O–H groups in total. The molecule has 4 rings (SSSR count). The normalized spacial score (nSPS) is 11.3. The van der Waals surface area contributed by atoms with Crippen LogP contribution in [0.4, 0.5) is 23.7 Å². The van der Waals surface area contributed by atoms with Crippen LogP contribution in [0.3, 0.4) is 0 Å². The lowest BCUT2D eigenvalue weighted by molar-refractivity contribution is -0.137. The van der Waals surface area contributed by atoms with Crippen LogP contribution in [0.5, 0.6) is 0 Å². The smallest absolute Gasteiger partial charge is 0.416 e. The number of benzene rings is 3. The van der Waals surface area contributed by atoms with E-state index in [9.17, 15) is 27.6 Å². The summed E-state index contributed by atoms with van der Waals surface area (Å²) >= 11 is 0. The summed E-state index contributed by atoms with van der Waals surface area (Å²) in [5, 5.41) is 3.78. The molecule has 0 aliphatic heterocycles. The van der Waals surface area contributed by atoms with Gasteiger partial charge in [0.05, 0.1) is 17.7 Å². The van der Waals surface area contributed by atoms with Gasteiger partial charge in [-0.25, -0.2) is 9.59 Å². The number of aromatic nitrogens is 1. The zero-order valence-corrected chi connectivity index (χ0v) is 25.7. The first-order chi connectivity index (χ1) is 22.1. The van der Waals surface area contributed by atoms with E-state index in [1.165, 1.54) is 36.3 Å². The highest BCUT2D eigenvalue weighted by molar-refractivity contribution is 5.94. The van der Waals surface area contributed by atoms with Crippen LogP contribution in [0, 0.1) is 0 Å². The van der Waals surface area contributed by atoms with E-state index >= 15 is 0 Å². The molecule has 3 aromatic carbocycles. The van der Waals surface area contributed by atoms with E-state index in [1.54, 1.807) is 24.0 Å². The predicted molar refractivity (Wildman–Crippen MR) is 168 cm³/mol. The highest BCUT2D eigenvalue weighted by atomic mass is 19.4. The Morgan fingerprint density at radius 2 is 1.63 bits per heavy atom. The van der Waals surface area contributed by atoms with Gasteiger partial charge in [-0.15, -0.1) is 0 Å². The zero-order chi connectivity index (χ0) is 33.1. The Bertz CT molecular complexity index is 1600. The summed E-state index contributed by atoms with van der Waals surface area (Å²) < 4.78 is 49.6. The number of amides is 3. The van der Waals surface area contributed by atoms with Crippen molar-refractivity contribution in [3.63, 3.8) is 0 Å². The monoisotopic (exact) mass is 638 g/mol. The summed E-state index contributed by atoms with van der Waals surface area (Å²) in [6.07, 6.45) is -1.64. The molecule has 0 aliphatic rings. The van der Waals surface area contributed by atoms with E-state index in [2.05, 4.69) is 10.3 Å². The Hall–Kier alpha value is -4.84. The summed E-state index contributed by atoms with van der Waals surface area (Å²) in [4.78, 5) is 45.3. The van der Waals surface area contributed by atoms with E-state index < -0.39 is 23.7 Å². The number of nitrogens with one attached hydrogen (secondary N) is 2. The quantitative estimate of drug-likeness (QED) is 0.121. The third-order valence-electron chi connectivity index (χ3n) is 7.37. The molecule has 0 fully saturated rings. The molecule has 3 amide bonds. The second-order valence-electron chi connectivity index (χ2n) is 10.6. The average Bonchev–Trinajstić information content (AvgIpc) is 3.46. The van der Waals surface area contributed by atoms with Gasteiger partial charge < -0.3 is 29.6 Å². The molecular formula is C34H37F3N4O5. The number of aromatic amines is 1. The maximum atomic E-state index is 13.8. The molecule has 1 heterocycles. The minimum Gasteiger partial charge on any atom is -0.462 e. The van der Waals surface area contributed by atoms with E-state index in [-0.39, 0.29) is 38.7 Å². The first-order valence-corrected chi connectivity index (χ1v) is 14.9. The number of rotatable bonds is 14. The van der Waals surface area contributed by atoms with Gasteiger partial charge in [0, 0.05) is 56.1 Å². The average molecular weight is 639 g/mol. The van der Waals surface area contributed by atoms with Crippen LogP contribution in [0.2, 0.25) is 0 Å². The van der Waals surface area contributed by atoms with Gasteiger partial charge in [-0.2, -0.15) is 13.2 Å². The number of hydrogen-bond acceptors (Lipinski definition) is 5. The van der Waals surface area contributed by atoms with Gasteiger partial charge >= 0.3 is 18.2 Å². The number of alkyl halides is 3. The number of nitrogens with zero attached hydrogens (tertiary/aromatic N) is 2. The zero-order valence-electron chi connectivity index (χ0n) is 25.7. The predicted octanol–water partition coefficient (Wildman–Crippen LogP) is 6.51. The maximum Gasteiger partial charge on any atom is 0.416 e. The van der Waals surface area contributed by atoms with Gasteiger partial charge in [-0.1, -0.05) is 30.3 Å². The van der Waals surface area contributed by atoms with Crippen molar-refractivity contribution in [2.75, 3.05) is 45.3 Å². The molecule has 0 saturated carbocycles. The molecule has 1 aromatic heterocycles. The minimum absolute atomic E-state index is 0.0577. The van der Waals surface area contributed by atoms with E-state index in [4.69, 9.17) is 9.47 Å². The molecule has 0 atom stereocenters. The molecule has 244 valence electrons. The number of hydrogen-bond donors (Lipinski definition) is 2. The van der Waals surface area contributed by atoms with Gasteiger partial charge in [-0.3, -0.25) is 4.79 Å². The van der Waals surface area contributed by atoms with Gasteiger partial charge in [0.1, 0.15) is 6.54 Å². The number of carbonyl (C=O) groups is 3. The number of esters is 1. The van der Waals surface area contributed by atoms with Crippen molar-refractivity contribution in [3.8, 4) is 0 Å². The Morgan fingerprint density at radius 1 is 0.913 bits per heavy atom. The molecule has 12 heteroatoms. The topological polar surface area (TPSA) is 104 Å². The van der Waals surface area contributed by atoms with E-state index in [0.717, 1.165) is 28.6 Å². The molecule has 46 heavy (non-hydrogen) atoms. The Morgan fingerprint density at radius 3 is 2.30 bits per heavy atom. The number of ether oxygens (including phenoxy) is 2. The molecular weight excluding hydrogens is 601 g/mol. The van der Waals surface area contributed by atoms with Crippen molar-refractivity contribution in [1.29, 1.82) is 0 Å². The van der Waals surface area contributed by atoms with Crippen molar-refractivity contribution in [3.05, 3.63) is 101 Å². The number of fused-ring (bicyclic) bond motifs is 1. The van der Waals surface area contributed by atoms with Crippen LogP contribution < -0.4 is 5.32 Å². The summed E-state index contributed by atoms with van der Waals surface area (Å²) in [5.41, 5.74) is 2.45. The lowest BCUT2D eigenvalue weighted by Crippen LogP contribution is -2.45. The third kappa shape index (κ3) is 9.33. The number of para-hydroxylation sites is 1. The van der Waals surface area contributed by atoms with Crippen molar-refractivity contribution in [2.45, 2.75) is 32.5 Å². The molecule has 0 aliphatic carbocycles. The number of anilines is 1. The van der Waals surface area contributed by atoms with Crippen molar-refractivity contribution in [1.82, 2.24) is 14.8 Å². The Labute approximate surface area is 265 Å². The van der Waals surface area contributed by atoms with Crippen molar-refractivity contribution in [2.24, 2.45) is 0 Å².